The molecule has 0 amide bonds. The number of nitrogens with zero attached hydrogens (tertiary/aromatic N) is 5. The maximum atomic E-state index is 12.8. The Bertz CT molecular complexity index is 1210. The van der Waals surface area contributed by atoms with E-state index < -0.39 is 0 Å². The van der Waals surface area contributed by atoms with E-state index in [2.05, 4.69) is 11.9 Å². The second-order valence-electron chi connectivity index (χ2n) is 9.62. The lowest BCUT2D eigenvalue weighted by Gasteiger charge is -2.56. The fourth-order valence-electron chi connectivity index (χ4n) is 6.96. The molecule has 7 rings (SSSR count). The average molecular weight is 410 g/mol. The van der Waals surface area contributed by atoms with Gasteiger partial charge in [-0.2, -0.15) is 0 Å². The normalized spacial score (nSPS) is 30.8. The number of hydrogen-bond acceptors (Lipinski definition) is 4. The number of rotatable bonds is 3. The van der Waals surface area contributed by atoms with Crippen LogP contribution in [0.4, 0.5) is 0 Å². The molecule has 0 atom stereocenters. The van der Waals surface area contributed by atoms with Gasteiger partial charge in [-0.1, -0.05) is 12.1 Å². The quantitative estimate of drug-likeness (QED) is 0.622. The van der Waals surface area contributed by atoms with Crippen LogP contribution in [0.25, 0.3) is 16.7 Å². The Balaban J connectivity index is 1.40. The van der Waals surface area contributed by atoms with E-state index in [9.17, 15) is 4.79 Å². The molecule has 152 valence electrons. The first-order valence-electron chi connectivity index (χ1n) is 10.8. The molecule has 4 bridgehead atoms. The van der Waals surface area contributed by atoms with Gasteiger partial charge in [0.2, 0.25) is 10.5 Å². The smallest absolute Gasteiger partial charge is 0.262 e. The summed E-state index contributed by atoms with van der Waals surface area (Å²) >= 11 is 5.83. The second kappa shape index (κ2) is 6.25. The summed E-state index contributed by atoms with van der Waals surface area (Å²) < 4.78 is 6.11. The number of benzene rings is 1. The molecule has 4 aliphatic carbocycles. The van der Waals surface area contributed by atoms with Gasteiger partial charge in [0.1, 0.15) is 0 Å². The van der Waals surface area contributed by atoms with Crippen LogP contribution < -0.4 is 5.56 Å². The lowest BCUT2D eigenvalue weighted by atomic mass is 9.54. The van der Waals surface area contributed by atoms with Crippen molar-refractivity contribution in [1.29, 1.82) is 0 Å². The maximum Gasteiger partial charge on any atom is 0.262 e. The van der Waals surface area contributed by atoms with Crippen molar-refractivity contribution in [1.82, 2.24) is 23.6 Å². The number of aryl methyl sites for hydroxylation is 1. The lowest BCUT2D eigenvalue weighted by molar-refractivity contribution is -0.0668. The van der Waals surface area contributed by atoms with Crippen LogP contribution in [0, 0.1) is 28.4 Å². The van der Waals surface area contributed by atoms with Crippen molar-refractivity contribution >= 4 is 28.9 Å². The van der Waals surface area contributed by atoms with Crippen molar-refractivity contribution in [2.24, 2.45) is 30.7 Å². The predicted molar refractivity (Wildman–Crippen MR) is 115 cm³/mol. The van der Waals surface area contributed by atoms with Gasteiger partial charge in [-0.05, 0) is 87.2 Å². The van der Waals surface area contributed by atoms with Gasteiger partial charge < -0.3 is 0 Å². The van der Waals surface area contributed by atoms with Crippen molar-refractivity contribution < 1.29 is 0 Å². The van der Waals surface area contributed by atoms with Gasteiger partial charge in [0, 0.05) is 13.1 Å². The minimum atomic E-state index is -0.0327. The molecule has 0 radical (unpaired) electrons. The minimum absolute atomic E-state index is 0.0327. The van der Waals surface area contributed by atoms with Crippen molar-refractivity contribution in [2.45, 2.75) is 44.8 Å². The second-order valence-corrected chi connectivity index (χ2v) is 9.98. The Labute approximate surface area is 174 Å². The predicted octanol–water partition coefficient (Wildman–Crippen LogP) is 3.43. The molecule has 2 aromatic heterocycles. The van der Waals surface area contributed by atoms with Crippen LogP contribution >= 0.6 is 12.2 Å². The molecular formula is C22H27N5OS. The molecule has 0 spiro atoms. The highest BCUT2D eigenvalue weighted by atomic mass is 32.1. The standard InChI is InChI=1S/C22H27N5OS/c1-24(19-15-8-13-7-14(10-15)11-16(19)9-13)12-26-22(29)27-18-6-4-3-5-17(18)20(28)25(2)21(27)23-26/h3-6,13-16,19H,7-12H2,1-2H3. The first-order valence-corrected chi connectivity index (χ1v) is 11.2. The zero-order valence-electron chi connectivity index (χ0n) is 17.0. The van der Waals surface area contributed by atoms with Crippen LogP contribution in [0.3, 0.4) is 0 Å². The van der Waals surface area contributed by atoms with E-state index >= 15 is 0 Å². The van der Waals surface area contributed by atoms with E-state index in [1.54, 1.807) is 11.6 Å². The molecule has 0 unspecified atom stereocenters. The van der Waals surface area contributed by atoms with Gasteiger partial charge in [0.15, 0.2) is 0 Å². The zero-order chi connectivity index (χ0) is 19.9. The zero-order valence-corrected chi connectivity index (χ0v) is 17.8. The van der Waals surface area contributed by atoms with E-state index in [0.29, 0.717) is 28.6 Å². The SMILES string of the molecule is CN(Cn1nc2n(C)c(=O)c3ccccc3n2c1=S)C1C2CC3CC(C2)CC1C3. The first kappa shape index (κ1) is 17.8. The van der Waals surface area contributed by atoms with E-state index in [1.165, 1.54) is 32.1 Å². The third-order valence-corrected chi connectivity index (χ3v) is 8.24. The molecule has 7 heteroatoms. The molecule has 2 heterocycles. The molecule has 1 aromatic carbocycles. The first-order chi connectivity index (χ1) is 14.0. The molecule has 0 saturated heterocycles. The molecule has 29 heavy (non-hydrogen) atoms. The molecule has 4 aliphatic rings. The summed E-state index contributed by atoms with van der Waals surface area (Å²) in [5, 5.41) is 5.45. The molecule has 6 nitrogen and oxygen atoms in total. The largest absolute Gasteiger partial charge is 0.284 e. The summed E-state index contributed by atoms with van der Waals surface area (Å²) in [5.41, 5.74) is 0.800. The summed E-state index contributed by atoms with van der Waals surface area (Å²) in [5.74, 6) is 4.21. The van der Waals surface area contributed by atoms with Crippen LogP contribution in [0.1, 0.15) is 32.1 Å². The monoisotopic (exact) mass is 409 g/mol. The average Bonchev–Trinajstić information content (AvgIpc) is 3.02. The fourth-order valence-corrected chi connectivity index (χ4v) is 7.24. The fraction of sp³-hybridized carbons (Fsp3) is 0.591. The summed E-state index contributed by atoms with van der Waals surface area (Å²) in [7, 11) is 4.01. The number of fused-ring (bicyclic) bond motifs is 3. The highest BCUT2D eigenvalue weighted by molar-refractivity contribution is 7.71. The highest BCUT2D eigenvalue weighted by Gasteiger charge is 2.49. The van der Waals surface area contributed by atoms with Gasteiger partial charge >= 0.3 is 0 Å². The van der Waals surface area contributed by atoms with Crippen molar-refractivity contribution in [3.8, 4) is 0 Å². The van der Waals surface area contributed by atoms with Crippen molar-refractivity contribution in [2.75, 3.05) is 7.05 Å². The van der Waals surface area contributed by atoms with E-state index in [1.807, 2.05) is 33.3 Å². The molecule has 4 saturated carbocycles. The topological polar surface area (TPSA) is 47.5 Å². The third kappa shape index (κ3) is 2.53. The van der Waals surface area contributed by atoms with Crippen LogP contribution in [-0.2, 0) is 13.7 Å². The van der Waals surface area contributed by atoms with Crippen molar-refractivity contribution in [3.05, 3.63) is 39.4 Å². The summed E-state index contributed by atoms with van der Waals surface area (Å²) in [6.07, 6.45) is 7.08. The van der Waals surface area contributed by atoms with Crippen LogP contribution in [0.15, 0.2) is 29.1 Å². The Kier molecular flexibility index (Phi) is 3.84. The Morgan fingerprint density at radius 1 is 1.10 bits per heavy atom. The van der Waals surface area contributed by atoms with Crippen molar-refractivity contribution in [3.63, 3.8) is 0 Å². The van der Waals surface area contributed by atoms with Gasteiger partial charge in [-0.15, -0.1) is 5.10 Å². The van der Waals surface area contributed by atoms with E-state index in [0.717, 1.165) is 29.2 Å². The third-order valence-electron chi connectivity index (χ3n) is 7.85. The summed E-state index contributed by atoms with van der Waals surface area (Å²) in [6, 6.07) is 8.28. The molecule has 0 N–H and O–H groups in total. The van der Waals surface area contributed by atoms with Gasteiger partial charge in [-0.3, -0.25) is 18.7 Å². The van der Waals surface area contributed by atoms with Gasteiger partial charge in [0.05, 0.1) is 17.6 Å². The molecule has 3 aromatic rings. The van der Waals surface area contributed by atoms with Crippen LogP contribution in [0.5, 0.6) is 0 Å². The highest BCUT2D eigenvalue weighted by Crippen LogP contribution is 2.55. The Hall–Kier alpha value is -1.99. The van der Waals surface area contributed by atoms with Crippen LogP contribution in [-0.4, -0.2) is 36.7 Å². The van der Waals surface area contributed by atoms with Crippen LogP contribution in [0.2, 0.25) is 0 Å². The lowest BCUT2D eigenvalue weighted by Crippen LogP contribution is -2.55. The Morgan fingerprint density at radius 3 is 2.45 bits per heavy atom. The number of para-hydroxylation sites is 1. The maximum absolute atomic E-state index is 12.8. The minimum Gasteiger partial charge on any atom is -0.284 e. The van der Waals surface area contributed by atoms with E-state index in [4.69, 9.17) is 17.3 Å². The Morgan fingerprint density at radius 2 is 1.76 bits per heavy atom. The molecular weight excluding hydrogens is 382 g/mol. The summed E-state index contributed by atoms with van der Waals surface area (Å²) in [4.78, 5) is 15.2. The number of hydrogen-bond donors (Lipinski definition) is 0. The number of aromatic nitrogens is 4. The van der Waals surface area contributed by atoms with Gasteiger partial charge in [-0.25, -0.2) is 4.68 Å². The molecule has 4 fully saturated rings. The van der Waals surface area contributed by atoms with Gasteiger partial charge in [0.25, 0.3) is 5.56 Å². The molecule has 0 aliphatic heterocycles. The summed E-state index contributed by atoms with van der Waals surface area (Å²) in [6.45, 7) is 0.677. The van der Waals surface area contributed by atoms with E-state index in [-0.39, 0.29) is 5.56 Å².